The van der Waals surface area contributed by atoms with Crippen LogP contribution in [0.25, 0.3) is 0 Å². The Hall–Kier alpha value is -0.730. The standard InChI is InChI=1S/C9H14O3/c1-5-2-3-6-7(4-5)8(6)12-9(10)11/h5-8H,2-4H2,1H3,(H,10,11). The molecule has 0 heterocycles. The molecule has 0 bridgehead atoms. The molecule has 3 heteroatoms. The molecule has 2 rings (SSSR count). The molecule has 0 aromatic rings. The summed E-state index contributed by atoms with van der Waals surface area (Å²) in [5.41, 5.74) is 0. The SMILES string of the molecule is CC1CCC2C(C1)C2OC(=O)O. The van der Waals surface area contributed by atoms with Crippen LogP contribution >= 0.6 is 0 Å². The van der Waals surface area contributed by atoms with Gasteiger partial charge in [0.1, 0.15) is 6.10 Å². The van der Waals surface area contributed by atoms with Crippen LogP contribution in [-0.4, -0.2) is 17.4 Å². The average Bonchev–Trinajstić information content (AvgIpc) is 2.61. The van der Waals surface area contributed by atoms with Gasteiger partial charge < -0.3 is 9.84 Å². The largest absolute Gasteiger partial charge is 0.506 e. The predicted molar refractivity (Wildman–Crippen MR) is 42.9 cm³/mol. The highest BCUT2D eigenvalue weighted by atomic mass is 16.7. The van der Waals surface area contributed by atoms with E-state index in [1.54, 1.807) is 0 Å². The summed E-state index contributed by atoms with van der Waals surface area (Å²) in [4.78, 5) is 10.3. The Bertz CT molecular complexity index is 202. The molecule has 2 aliphatic rings. The van der Waals surface area contributed by atoms with Crippen molar-refractivity contribution in [1.29, 1.82) is 0 Å². The second-order valence-electron chi connectivity index (χ2n) is 4.09. The monoisotopic (exact) mass is 170 g/mol. The molecule has 1 N–H and O–H groups in total. The highest BCUT2D eigenvalue weighted by Gasteiger charge is 2.55. The van der Waals surface area contributed by atoms with Gasteiger partial charge in [-0.25, -0.2) is 4.79 Å². The first kappa shape index (κ1) is 7.90. The summed E-state index contributed by atoms with van der Waals surface area (Å²) in [5, 5.41) is 8.41. The molecule has 0 aromatic heterocycles. The molecule has 4 unspecified atom stereocenters. The lowest BCUT2D eigenvalue weighted by Crippen LogP contribution is -2.05. The molecule has 4 atom stereocenters. The maximum atomic E-state index is 10.3. The van der Waals surface area contributed by atoms with Crippen LogP contribution in [0.5, 0.6) is 0 Å². The van der Waals surface area contributed by atoms with Gasteiger partial charge in [0.15, 0.2) is 0 Å². The Morgan fingerprint density at radius 2 is 2.17 bits per heavy atom. The number of hydrogen-bond donors (Lipinski definition) is 1. The molecule has 2 saturated carbocycles. The van der Waals surface area contributed by atoms with Crippen LogP contribution in [0.2, 0.25) is 0 Å². The molecule has 3 nitrogen and oxygen atoms in total. The maximum Gasteiger partial charge on any atom is 0.506 e. The van der Waals surface area contributed by atoms with Crippen molar-refractivity contribution in [3.8, 4) is 0 Å². The summed E-state index contributed by atoms with van der Waals surface area (Å²) in [6.45, 7) is 2.23. The molecule has 12 heavy (non-hydrogen) atoms. The summed E-state index contributed by atoms with van der Waals surface area (Å²) in [7, 11) is 0. The van der Waals surface area contributed by atoms with Crippen molar-refractivity contribution in [2.45, 2.75) is 32.3 Å². The Morgan fingerprint density at radius 1 is 1.42 bits per heavy atom. The Kier molecular flexibility index (Phi) is 1.74. The molecule has 2 fully saturated rings. The third-order valence-corrected chi connectivity index (χ3v) is 3.16. The molecule has 0 aromatic carbocycles. The van der Waals surface area contributed by atoms with E-state index in [-0.39, 0.29) is 6.10 Å². The van der Waals surface area contributed by atoms with Crippen molar-refractivity contribution in [2.75, 3.05) is 0 Å². The van der Waals surface area contributed by atoms with Gasteiger partial charge in [0.25, 0.3) is 0 Å². The number of rotatable bonds is 1. The lowest BCUT2D eigenvalue weighted by Gasteiger charge is -2.14. The van der Waals surface area contributed by atoms with Crippen molar-refractivity contribution in [2.24, 2.45) is 17.8 Å². The molecule has 0 amide bonds. The molecule has 0 aliphatic heterocycles. The van der Waals surface area contributed by atoms with Crippen LogP contribution in [0.3, 0.4) is 0 Å². The van der Waals surface area contributed by atoms with Crippen molar-refractivity contribution >= 4 is 6.16 Å². The zero-order chi connectivity index (χ0) is 8.72. The summed E-state index contributed by atoms with van der Waals surface area (Å²) in [6, 6.07) is 0. The van der Waals surface area contributed by atoms with E-state index in [0.29, 0.717) is 11.8 Å². The molecule has 68 valence electrons. The van der Waals surface area contributed by atoms with Crippen molar-refractivity contribution in [3.05, 3.63) is 0 Å². The average molecular weight is 170 g/mol. The fourth-order valence-corrected chi connectivity index (χ4v) is 2.45. The zero-order valence-electron chi connectivity index (χ0n) is 7.19. The minimum Gasteiger partial charge on any atom is -0.450 e. The second kappa shape index (κ2) is 2.64. The van der Waals surface area contributed by atoms with E-state index in [1.165, 1.54) is 6.42 Å². The molecule has 0 spiro atoms. The Labute approximate surface area is 71.7 Å². The van der Waals surface area contributed by atoms with Gasteiger partial charge in [0.2, 0.25) is 0 Å². The molecule has 2 aliphatic carbocycles. The number of fused-ring (bicyclic) bond motifs is 1. The van der Waals surface area contributed by atoms with Crippen molar-refractivity contribution in [1.82, 2.24) is 0 Å². The quantitative estimate of drug-likeness (QED) is 0.613. The normalized spacial score (nSPS) is 44.8. The van der Waals surface area contributed by atoms with E-state index in [0.717, 1.165) is 18.8 Å². The molecular weight excluding hydrogens is 156 g/mol. The molecular formula is C9H14O3. The zero-order valence-corrected chi connectivity index (χ0v) is 7.19. The first-order valence-corrected chi connectivity index (χ1v) is 4.58. The van der Waals surface area contributed by atoms with Crippen LogP contribution in [0.4, 0.5) is 4.79 Å². The van der Waals surface area contributed by atoms with Crippen LogP contribution in [0.1, 0.15) is 26.2 Å². The number of ether oxygens (including phenoxy) is 1. The van der Waals surface area contributed by atoms with Gasteiger partial charge in [0.05, 0.1) is 0 Å². The lowest BCUT2D eigenvalue weighted by atomic mass is 9.91. The van der Waals surface area contributed by atoms with Crippen LogP contribution in [0, 0.1) is 17.8 Å². The summed E-state index contributed by atoms with van der Waals surface area (Å²) in [6.07, 6.45) is 2.47. The van der Waals surface area contributed by atoms with Gasteiger partial charge in [0, 0.05) is 11.8 Å². The predicted octanol–water partition coefficient (Wildman–Crippen LogP) is 2.12. The first-order valence-electron chi connectivity index (χ1n) is 4.58. The van der Waals surface area contributed by atoms with Gasteiger partial charge in [-0.05, 0) is 18.8 Å². The van der Waals surface area contributed by atoms with E-state index in [2.05, 4.69) is 6.92 Å². The number of hydrogen-bond acceptors (Lipinski definition) is 2. The van der Waals surface area contributed by atoms with E-state index < -0.39 is 6.16 Å². The van der Waals surface area contributed by atoms with Crippen LogP contribution in [0.15, 0.2) is 0 Å². The minimum atomic E-state index is -1.11. The van der Waals surface area contributed by atoms with Gasteiger partial charge >= 0.3 is 6.16 Å². The van der Waals surface area contributed by atoms with E-state index in [1.807, 2.05) is 0 Å². The van der Waals surface area contributed by atoms with Crippen LogP contribution in [-0.2, 0) is 4.74 Å². The summed E-state index contributed by atoms with van der Waals surface area (Å²) in [5.74, 6) is 1.86. The van der Waals surface area contributed by atoms with Crippen LogP contribution < -0.4 is 0 Å². The molecule has 0 saturated heterocycles. The fraction of sp³-hybridized carbons (Fsp3) is 0.889. The third-order valence-electron chi connectivity index (χ3n) is 3.16. The number of carbonyl (C=O) groups is 1. The smallest absolute Gasteiger partial charge is 0.450 e. The topological polar surface area (TPSA) is 46.5 Å². The molecule has 0 radical (unpaired) electrons. The van der Waals surface area contributed by atoms with Gasteiger partial charge in [-0.15, -0.1) is 0 Å². The van der Waals surface area contributed by atoms with Gasteiger partial charge in [-0.1, -0.05) is 13.3 Å². The van der Waals surface area contributed by atoms with Crippen molar-refractivity contribution < 1.29 is 14.6 Å². The van der Waals surface area contributed by atoms with Crippen molar-refractivity contribution in [3.63, 3.8) is 0 Å². The fourth-order valence-electron chi connectivity index (χ4n) is 2.45. The minimum absolute atomic E-state index is 0.0347. The maximum absolute atomic E-state index is 10.3. The van der Waals surface area contributed by atoms with E-state index >= 15 is 0 Å². The Morgan fingerprint density at radius 3 is 2.75 bits per heavy atom. The van der Waals surface area contributed by atoms with E-state index in [9.17, 15) is 4.79 Å². The van der Waals surface area contributed by atoms with Gasteiger partial charge in [-0.2, -0.15) is 0 Å². The summed E-state index contributed by atoms with van der Waals surface area (Å²) >= 11 is 0. The highest BCUT2D eigenvalue weighted by Crippen LogP contribution is 2.53. The first-order chi connectivity index (χ1) is 5.68. The Balaban J connectivity index is 1.86. The number of carboxylic acid groups (broad SMARTS) is 1. The summed E-state index contributed by atoms with van der Waals surface area (Å²) < 4.78 is 4.77. The third kappa shape index (κ3) is 1.28. The lowest BCUT2D eigenvalue weighted by molar-refractivity contribution is 0.0769. The second-order valence-corrected chi connectivity index (χ2v) is 4.09. The van der Waals surface area contributed by atoms with Gasteiger partial charge in [-0.3, -0.25) is 0 Å². The highest BCUT2D eigenvalue weighted by molar-refractivity contribution is 5.57. The van der Waals surface area contributed by atoms with E-state index in [4.69, 9.17) is 9.84 Å².